The van der Waals surface area contributed by atoms with Gasteiger partial charge in [0.15, 0.2) is 0 Å². The van der Waals surface area contributed by atoms with Gasteiger partial charge in [0.05, 0.1) is 5.92 Å². The van der Waals surface area contributed by atoms with Crippen molar-refractivity contribution in [1.82, 2.24) is 0 Å². The van der Waals surface area contributed by atoms with Gasteiger partial charge in [-0.2, -0.15) is 13.2 Å². The van der Waals surface area contributed by atoms with Crippen molar-refractivity contribution in [2.24, 2.45) is 5.73 Å². The Morgan fingerprint density at radius 1 is 1.15 bits per heavy atom. The van der Waals surface area contributed by atoms with Crippen LogP contribution in [0.1, 0.15) is 11.5 Å². The molecule has 4 heteroatoms. The average molecular weight is 189 g/mol. The summed E-state index contributed by atoms with van der Waals surface area (Å²) in [7, 11) is 0. The van der Waals surface area contributed by atoms with E-state index in [4.69, 9.17) is 5.73 Å². The minimum absolute atomic E-state index is 0.220. The van der Waals surface area contributed by atoms with Gasteiger partial charge in [0.1, 0.15) is 0 Å². The third-order valence-electron chi connectivity index (χ3n) is 1.83. The molecule has 0 unspecified atom stereocenters. The minimum Gasteiger partial charge on any atom is -0.330 e. The molecule has 0 bridgehead atoms. The van der Waals surface area contributed by atoms with E-state index in [1.54, 1.807) is 18.2 Å². The second kappa shape index (κ2) is 3.79. The molecule has 0 amide bonds. The second-order valence-electron chi connectivity index (χ2n) is 2.74. The first-order valence-corrected chi connectivity index (χ1v) is 3.87. The third-order valence-corrected chi connectivity index (χ3v) is 1.83. The number of hydrogen-bond acceptors (Lipinski definition) is 1. The fourth-order valence-corrected chi connectivity index (χ4v) is 1.14. The van der Waals surface area contributed by atoms with Crippen LogP contribution in [0.3, 0.4) is 0 Å². The first-order chi connectivity index (χ1) is 6.05. The van der Waals surface area contributed by atoms with Gasteiger partial charge in [0, 0.05) is 6.54 Å². The van der Waals surface area contributed by atoms with Gasteiger partial charge in [0.25, 0.3) is 0 Å². The van der Waals surface area contributed by atoms with Gasteiger partial charge in [0.2, 0.25) is 0 Å². The molecule has 0 aromatic heterocycles. The fourth-order valence-electron chi connectivity index (χ4n) is 1.14. The molecule has 0 saturated heterocycles. The topological polar surface area (TPSA) is 26.0 Å². The van der Waals surface area contributed by atoms with Crippen molar-refractivity contribution in [3.63, 3.8) is 0 Å². The van der Waals surface area contributed by atoms with Gasteiger partial charge >= 0.3 is 6.18 Å². The monoisotopic (exact) mass is 189 g/mol. The highest BCUT2D eigenvalue weighted by Gasteiger charge is 2.39. The van der Waals surface area contributed by atoms with Gasteiger partial charge in [-0.15, -0.1) is 0 Å². The zero-order chi connectivity index (χ0) is 9.90. The maximum absolute atomic E-state index is 12.3. The molecule has 0 aliphatic heterocycles. The standard InChI is InChI=1S/C9H10F3N/c10-9(11,12)8(6-13)7-4-2-1-3-5-7/h1-5,8H,6,13H2/t8-/m0/s1. The fraction of sp³-hybridized carbons (Fsp3) is 0.333. The Labute approximate surface area is 74.4 Å². The summed E-state index contributed by atoms with van der Waals surface area (Å²) in [4.78, 5) is 0. The zero-order valence-electron chi connectivity index (χ0n) is 6.88. The maximum Gasteiger partial charge on any atom is 0.396 e. The highest BCUT2D eigenvalue weighted by atomic mass is 19.4. The number of hydrogen-bond donors (Lipinski definition) is 1. The quantitative estimate of drug-likeness (QED) is 0.758. The molecule has 1 atom stereocenters. The predicted octanol–water partition coefficient (Wildman–Crippen LogP) is 2.29. The summed E-state index contributed by atoms with van der Waals surface area (Å²) in [5.74, 6) is -1.55. The van der Waals surface area contributed by atoms with Crippen LogP contribution in [0, 0.1) is 0 Å². The lowest BCUT2D eigenvalue weighted by Gasteiger charge is -2.18. The van der Waals surface area contributed by atoms with Gasteiger partial charge in [-0.3, -0.25) is 0 Å². The molecule has 0 saturated carbocycles. The lowest BCUT2D eigenvalue weighted by Crippen LogP contribution is -2.27. The molecule has 1 rings (SSSR count). The molecule has 0 spiro atoms. The van der Waals surface area contributed by atoms with Crippen molar-refractivity contribution in [1.29, 1.82) is 0 Å². The Kier molecular flexibility index (Phi) is 2.93. The molecule has 1 aromatic rings. The lowest BCUT2D eigenvalue weighted by atomic mass is 9.99. The Bertz CT molecular complexity index is 255. The molecule has 0 aliphatic rings. The van der Waals surface area contributed by atoms with E-state index in [2.05, 4.69) is 0 Å². The molecule has 1 aromatic carbocycles. The molecule has 72 valence electrons. The van der Waals surface area contributed by atoms with Crippen LogP contribution in [0.2, 0.25) is 0 Å². The summed E-state index contributed by atoms with van der Waals surface area (Å²) in [6.45, 7) is -0.409. The Morgan fingerprint density at radius 3 is 2.08 bits per heavy atom. The molecular formula is C9H10F3N. The smallest absolute Gasteiger partial charge is 0.330 e. The molecule has 0 radical (unpaired) electrons. The van der Waals surface area contributed by atoms with E-state index in [0.717, 1.165) is 0 Å². The largest absolute Gasteiger partial charge is 0.396 e. The number of alkyl halides is 3. The number of halogens is 3. The number of benzene rings is 1. The van der Waals surface area contributed by atoms with E-state index in [1.807, 2.05) is 0 Å². The van der Waals surface area contributed by atoms with E-state index in [0.29, 0.717) is 0 Å². The summed E-state index contributed by atoms with van der Waals surface area (Å²) >= 11 is 0. The van der Waals surface area contributed by atoms with Gasteiger partial charge in [-0.25, -0.2) is 0 Å². The van der Waals surface area contributed by atoms with E-state index in [-0.39, 0.29) is 5.56 Å². The van der Waals surface area contributed by atoms with E-state index in [9.17, 15) is 13.2 Å². The van der Waals surface area contributed by atoms with E-state index >= 15 is 0 Å². The lowest BCUT2D eigenvalue weighted by molar-refractivity contribution is -0.148. The molecule has 0 heterocycles. The highest BCUT2D eigenvalue weighted by Crippen LogP contribution is 2.33. The van der Waals surface area contributed by atoms with Crippen LogP contribution in [-0.2, 0) is 0 Å². The molecule has 13 heavy (non-hydrogen) atoms. The SMILES string of the molecule is NC[C@@H](c1ccccc1)C(F)(F)F. The molecule has 0 fully saturated rings. The highest BCUT2D eigenvalue weighted by molar-refractivity contribution is 5.21. The first kappa shape index (κ1) is 10.1. The van der Waals surface area contributed by atoms with E-state index < -0.39 is 18.6 Å². The Hall–Kier alpha value is -1.03. The van der Waals surface area contributed by atoms with Crippen molar-refractivity contribution in [3.05, 3.63) is 35.9 Å². The number of nitrogens with two attached hydrogens (primary N) is 1. The third kappa shape index (κ3) is 2.45. The van der Waals surface area contributed by atoms with Crippen LogP contribution in [-0.4, -0.2) is 12.7 Å². The van der Waals surface area contributed by atoms with Gasteiger partial charge < -0.3 is 5.73 Å². The molecule has 0 aliphatic carbocycles. The van der Waals surface area contributed by atoms with Gasteiger partial charge in [-0.1, -0.05) is 30.3 Å². The normalized spacial score (nSPS) is 14.2. The van der Waals surface area contributed by atoms with Crippen molar-refractivity contribution in [2.75, 3.05) is 6.54 Å². The van der Waals surface area contributed by atoms with Crippen LogP contribution < -0.4 is 5.73 Å². The molecular weight excluding hydrogens is 179 g/mol. The van der Waals surface area contributed by atoms with Gasteiger partial charge in [-0.05, 0) is 5.56 Å². The summed E-state index contributed by atoms with van der Waals surface area (Å²) in [6, 6.07) is 7.69. The summed E-state index contributed by atoms with van der Waals surface area (Å²) in [6.07, 6.45) is -4.25. The predicted molar refractivity (Wildman–Crippen MR) is 44.3 cm³/mol. The Morgan fingerprint density at radius 2 is 1.69 bits per heavy atom. The van der Waals surface area contributed by atoms with Crippen LogP contribution in [0.5, 0.6) is 0 Å². The summed E-state index contributed by atoms with van der Waals surface area (Å²) in [5.41, 5.74) is 5.29. The summed E-state index contributed by atoms with van der Waals surface area (Å²) < 4.78 is 37.0. The maximum atomic E-state index is 12.3. The average Bonchev–Trinajstić information content (AvgIpc) is 2.05. The molecule has 1 nitrogen and oxygen atoms in total. The summed E-state index contributed by atoms with van der Waals surface area (Å²) in [5, 5.41) is 0. The van der Waals surface area contributed by atoms with Crippen molar-refractivity contribution < 1.29 is 13.2 Å². The van der Waals surface area contributed by atoms with Crippen LogP contribution >= 0.6 is 0 Å². The zero-order valence-corrected chi connectivity index (χ0v) is 6.88. The minimum atomic E-state index is -4.25. The second-order valence-corrected chi connectivity index (χ2v) is 2.74. The number of rotatable bonds is 2. The Balaban J connectivity index is 2.92. The van der Waals surface area contributed by atoms with Crippen molar-refractivity contribution in [2.45, 2.75) is 12.1 Å². The van der Waals surface area contributed by atoms with Crippen LogP contribution in [0.25, 0.3) is 0 Å². The van der Waals surface area contributed by atoms with Crippen molar-refractivity contribution in [3.8, 4) is 0 Å². The van der Waals surface area contributed by atoms with E-state index in [1.165, 1.54) is 12.1 Å². The molecule has 2 N–H and O–H groups in total. The first-order valence-electron chi connectivity index (χ1n) is 3.87. The van der Waals surface area contributed by atoms with Crippen molar-refractivity contribution >= 4 is 0 Å². The van der Waals surface area contributed by atoms with Crippen LogP contribution in [0.4, 0.5) is 13.2 Å². The van der Waals surface area contributed by atoms with Crippen LogP contribution in [0.15, 0.2) is 30.3 Å².